The predicted molar refractivity (Wildman–Crippen MR) is 170 cm³/mol. The van der Waals surface area contributed by atoms with Crippen LogP contribution in [0.3, 0.4) is 0 Å². The summed E-state index contributed by atoms with van der Waals surface area (Å²) in [5.74, 6) is 3.55. The van der Waals surface area contributed by atoms with Crippen molar-refractivity contribution in [2.75, 3.05) is 0 Å². The fraction of sp³-hybridized carbons (Fsp3) is 0. The lowest BCUT2D eigenvalue weighted by Gasteiger charge is -2.33. The molecule has 0 saturated carbocycles. The highest BCUT2D eigenvalue weighted by Gasteiger charge is 2.40. The maximum absolute atomic E-state index is 6.86. The first-order valence-corrected chi connectivity index (χ1v) is 14.1. The second kappa shape index (κ2) is 8.61. The minimum absolute atomic E-state index is 0.0379. The standard InChI is InChI=1S/C38H23BO2/c1-2-12-24(13-3-1)35-25-14-4-6-16-27(25)36(28-17-7-5-15-26(28)35)29-18-10-20-31-38(29)41-34-23-11-22-33-37(34)39(31)30-19-8-9-21-32(30)40-33/h1-23H. The summed E-state index contributed by atoms with van der Waals surface area (Å²) >= 11 is 0. The van der Waals surface area contributed by atoms with Crippen LogP contribution in [0.25, 0.3) is 43.8 Å². The van der Waals surface area contributed by atoms with Gasteiger partial charge in [0.05, 0.1) is 0 Å². The van der Waals surface area contributed by atoms with Gasteiger partial charge in [-0.1, -0.05) is 121 Å². The summed E-state index contributed by atoms with van der Waals surface area (Å²) in [5.41, 5.74) is 8.23. The van der Waals surface area contributed by atoms with Crippen molar-refractivity contribution in [2.24, 2.45) is 0 Å². The molecule has 0 spiro atoms. The molecule has 0 unspecified atom stereocenters. The zero-order chi connectivity index (χ0) is 26.9. The molecule has 190 valence electrons. The lowest BCUT2D eigenvalue weighted by Crippen LogP contribution is -2.57. The van der Waals surface area contributed by atoms with Crippen LogP contribution >= 0.6 is 0 Å². The average Bonchev–Trinajstić information content (AvgIpc) is 3.04. The van der Waals surface area contributed by atoms with Crippen LogP contribution in [-0.4, -0.2) is 6.71 Å². The highest BCUT2D eigenvalue weighted by Crippen LogP contribution is 2.47. The van der Waals surface area contributed by atoms with Crippen molar-refractivity contribution >= 4 is 44.6 Å². The number of hydrogen-bond acceptors (Lipinski definition) is 2. The van der Waals surface area contributed by atoms with Crippen LogP contribution < -0.4 is 25.9 Å². The Labute approximate surface area is 238 Å². The minimum Gasteiger partial charge on any atom is -0.458 e. The van der Waals surface area contributed by atoms with Crippen molar-refractivity contribution in [3.63, 3.8) is 0 Å². The maximum Gasteiger partial charge on any atom is 0.260 e. The Morgan fingerprint density at radius 3 is 1.66 bits per heavy atom. The van der Waals surface area contributed by atoms with Gasteiger partial charge >= 0.3 is 0 Å². The summed E-state index contributed by atoms with van der Waals surface area (Å²) in [4.78, 5) is 0. The van der Waals surface area contributed by atoms with Gasteiger partial charge in [-0.2, -0.15) is 0 Å². The van der Waals surface area contributed by atoms with Crippen LogP contribution in [0, 0.1) is 0 Å². The van der Waals surface area contributed by atoms with E-state index in [2.05, 4.69) is 121 Å². The predicted octanol–water partition coefficient (Wildman–Crippen LogP) is 8.05. The van der Waals surface area contributed by atoms with Crippen molar-refractivity contribution in [1.82, 2.24) is 0 Å². The summed E-state index contributed by atoms with van der Waals surface area (Å²) in [6, 6.07) is 49.4. The molecule has 0 aliphatic carbocycles. The number of hydrogen-bond donors (Lipinski definition) is 0. The molecule has 0 amide bonds. The monoisotopic (exact) mass is 522 g/mol. The average molecular weight is 522 g/mol. The highest BCUT2D eigenvalue weighted by atomic mass is 16.5. The lowest BCUT2D eigenvalue weighted by molar-refractivity contribution is 0.465. The van der Waals surface area contributed by atoms with Gasteiger partial charge in [-0.05, 0) is 61.8 Å². The molecule has 0 saturated heterocycles. The number of benzene rings is 7. The van der Waals surface area contributed by atoms with Gasteiger partial charge in [0.1, 0.15) is 23.0 Å². The fourth-order valence-corrected chi connectivity index (χ4v) is 6.93. The first kappa shape index (κ1) is 22.5. The molecule has 0 fully saturated rings. The summed E-state index contributed by atoms with van der Waals surface area (Å²) < 4.78 is 13.2. The van der Waals surface area contributed by atoms with Crippen molar-refractivity contribution in [2.45, 2.75) is 0 Å². The third kappa shape index (κ3) is 3.20. The van der Waals surface area contributed by atoms with Crippen LogP contribution in [0.4, 0.5) is 0 Å². The Morgan fingerprint density at radius 1 is 0.390 bits per heavy atom. The van der Waals surface area contributed by atoms with Crippen LogP contribution in [0.1, 0.15) is 0 Å². The Hall–Kier alpha value is -5.28. The van der Waals surface area contributed by atoms with Gasteiger partial charge in [0, 0.05) is 16.6 Å². The second-order valence-corrected chi connectivity index (χ2v) is 10.8. The first-order valence-electron chi connectivity index (χ1n) is 14.1. The number of ether oxygens (including phenoxy) is 2. The van der Waals surface area contributed by atoms with E-state index in [9.17, 15) is 0 Å². The van der Waals surface area contributed by atoms with Gasteiger partial charge < -0.3 is 9.47 Å². The number of fused-ring (bicyclic) bond motifs is 6. The number of para-hydroxylation sites is 2. The zero-order valence-electron chi connectivity index (χ0n) is 22.2. The van der Waals surface area contributed by atoms with Crippen molar-refractivity contribution in [3.8, 4) is 45.3 Å². The van der Waals surface area contributed by atoms with Gasteiger partial charge in [-0.3, -0.25) is 0 Å². The van der Waals surface area contributed by atoms with E-state index in [0.29, 0.717) is 0 Å². The van der Waals surface area contributed by atoms with Gasteiger partial charge in [-0.15, -0.1) is 0 Å². The van der Waals surface area contributed by atoms with E-state index in [1.807, 2.05) is 18.2 Å². The third-order valence-corrected chi connectivity index (χ3v) is 8.60. The largest absolute Gasteiger partial charge is 0.458 e. The molecule has 0 atom stereocenters. The Bertz CT molecular complexity index is 2110. The molecule has 41 heavy (non-hydrogen) atoms. The third-order valence-electron chi connectivity index (χ3n) is 8.60. The quantitative estimate of drug-likeness (QED) is 0.169. The summed E-state index contributed by atoms with van der Waals surface area (Å²) in [6.45, 7) is 0.0379. The highest BCUT2D eigenvalue weighted by molar-refractivity contribution is 6.98. The molecule has 0 aromatic heterocycles. The van der Waals surface area contributed by atoms with E-state index < -0.39 is 0 Å². The van der Waals surface area contributed by atoms with Crippen LogP contribution in [0.15, 0.2) is 140 Å². The first-order chi connectivity index (χ1) is 20.4. The minimum atomic E-state index is 0.0379. The molecular weight excluding hydrogens is 499 g/mol. The molecule has 2 heterocycles. The summed E-state index contributed by atoms with van der Waals surface area (Å²) in [6.07, 6.45) is 0. The molecule has 9 rings (SSSR count). The smallest absolute Gasteiger partial charge is 0.260 e. The fourth-order valence-electron chi connectivity index (χ4n) is 6.93. The van der Waals surface area contributed by atoms with Crippen molar-refractivity contribution in [1.29, 1.82) is 0 Å². The van der Waals surface area contributed by atoms with Crippen LogP contribution in [0.5, 0.6) is 23.0 Å². The van der Waals surface area contributed by atoms with Gasteiger partial charge in [0.25, 0.3) is 6.71 Å². The molecule has 3 heteroatoms. The molecule has 0 N–H and O–H groups in total. The lowest BCUT2D eigenvalue weighted by atomic mass is 9.34. The molecule has 2 aliphatic heterocycles. The Balaban J connectivity index is 1.38. The Kier molecular flexibility index (Phi) is 4.73. The van der Waals surface area contributed by atoms with Crippen LogP contribution in [-0.2, 0) is 0 Å². The second-order valence-electron chi connectivity index (χ2n) is 10.8. The Morgan fingerprint density at radius 2 is 0.927 bits per heavy atom. The SMILES string of the molecule is c1ccc(-c2c3ccccc3c(-c3cccc4c3Oc3cccc5c3B4c3ccccc3O5)c3ccccc23)cc1. The molecule has 2 aliphatic rings. The van der Waals surface area contributed by atoms with E-state index in [1.165, 1.54) is 49.2 Å². The van der Waals surface area contributed by atoms with E-state index >= 15 is 0 Å². The van der Waals surface area contributed by atoms with Gasteiger partial charge in [0.15, 0.2) is 0 Å². The molecule has 0 radical (unpaired) electrons. The number of rotatable bonds is 2. The molecule has 2 nitrogen and oxygen atoms in total. The van der Waals surface area contributed by atoms with E-state index in [4.69, 9.17) is 9.47 Å². The zero-order valence-corrected chi connectivity index (χ0v) is 22.2. The summed E-state index contributed by atoms with van der Waals surface area (Å²) in [7, 11) is 0. The van der Waals surface area contributed by atoms with E-state index in [1.54, 1.807) is 0 Å². The summed E-state index contributed by atoms with van der Waals surface area (Å²) in [5, 5.41) is 4.91. The molecule has 7 aromatic rings. The molecular formula is C38H23BO2. The molecule has 0 bridgehead atoms. The van der Waals surface area contributed by atoms with Gasteiger partial charge in [0.2, 0.25) is 0 Å². The van der Waals surface area contributed by atoms with Crippen LogP contribution in [0.2, 0.25) is 0 Å². The topological polar surface area (TPSA) is 18.5 Å². The molecule has 7 aromatic carbocycles. The van der Waals surface area contributed by atoms with Gasteiger partial charge in [-0.25, -0.2) is 0 Å². The van der Waals surface area contributed by atoms with E-state index in [-0.39, 0.29) is 6.71 Å². The van der Waals surface area contributed by atoms with Crippen molar-refractivity contribution < 1.29 is 9.47 Å². The van der Waals surface area contributed by atoms with Crippen molar-refractivity contribution in [3.05, 3.63) is 140 Å². The maximum atomic E-state index is 6.86. The van der Waals surface area contributed by atoms with E-state index in [0.717, 1.165) is 34.0 Å². The normalized spacial score (nSPS) is 12.7.